The summed E-state index contributed by atoms with van der Waals surface area (Å²) in [5.41, 5.74) is 1.04. The fraction of sp³-hybridized carbons (Fsp3) is 0.448. The lowest BCUT2D eigenvalue weighted by atomic mass is 10.0. The van der Waals surface area contributed by atoms with E-state index in [9.17, 15) is 22.8 Å². The smallest absolute Gasteiger partial charge is 0.376 e. The minimum absolute atomic E-state index is 0.0467. The normalized spacial score (nSPS) is 20.7. The van der Waals surface area contributed by atoms with Gasteiger partial charge in [-0.25, -0.2) is 0 Å². The second-order valence-corrected chi connectivity index (χ2v) is 13.0. The SMILES string of the molecule is C[C@H]1c2c(N3CCNCC3)c(=O)n3nc(-c4cc5c(s4)COCC5)nc3n2[C@@H](C(=O)Nc2ccc(C(F)(F)F)cc2Cl)CN1C. The predicted octanol–water partition coefficient (Wildman–Crippen LogP) is 3.96. The molecule has 7 rings (SSSR count). The van der Waals surface area contributed by atoms with E-state index < -0.39 is 23.7 Å². The van der Waals surface area contributed by atoms with Crippen molar-refractivity contribution < 1.29 is 22.7 Å². The Balaban J connectivity index is 1.38. The van der Waals surface area contributed by atoms with Crippen LogP contribution in [-0.4, -0.2) is 76.4 Å². The van der Waals surface area contributed by atoms with Crippen LogP contribution in [0.3, 0.4) is 0 Å². The summed E-state index contributed by atoms with van der Waals surface area (Å²) >= 11 is 7.73. The van der Waals surface area contributed by atoms with Gasteiger partial charge in [0.25, 0.3) is 5.56 Å². The van der Waals surface area contributed by atoms with Crippen LogP contribution < -0.4 is 21.1 Å². The van der Waals surface area contributed by atoms with Crippen LogP contribution in [0.5, 0.6) is 0 Å². The highest BCUT2D eigenvalue weighted by molar-refractivity contribution is 7.15. The van der Waals surface area contributed by atoms with Crippen molar-refractivity contribution in [1.29, 1.82) is 0 Å². The van der Waals surface area contributed by atoms with Crippen molar-refractivity contribution in [3.8, 4) is 10.7 Å². The van der Waals surface area contributed by atoms with E-state index in [-0.39, 0.29) is 34.6 Å². The second kappa shape index (κ2) is 11.4. The van der Waals surface area contributed by atoms with E-state index in [1.807, 2.05) is 29.8 Å². The van der Waals surface area contributed by atoms with E-state index >= 15 is 0 Å². The number of hydrogen-bond acceptors (Lipinski definition) is 9. The van der Waals surface area contributed by atoms with E-state index in [1.165, 1.54) is 21.4 Å². The Hall–Kier alpha value is -3.50. The van der Waals surface area contributed by atoms with Gasteiger partial charge in [0, 0.05) is 43.6 Å². The first kappa shape index (κ1) is 30.2. The van der Waals surface area contributed by atoms with E-state index in [0.29, 0.717) is 56.6 Å². The van der Waals surface area contributed by atoms with E-state index in [0.717, 1.165) is 34.4 Å². The molecule has 1 saturated heterocycles. The number of likely N-dealkylation sites (N-methyl/N-ethyl adjacent to an activating group) is 1. The van der Waals surface area contributed by atoms with Crippen molar-refractivity contribution in [2.75, 3.05) is 56.6 Å². The van der Waals surface area contributed by atoms with Gasteiger partial charge in [0.2, 0.25) is 11.7 Å². The third-order valence-electron chi connectivity index (χ3n) is 8.69. The Bertz CT molecular complexity index is 1840. The number of nitrogens with zero attached hydrogens (tertiary/aromatic N) is 6. The van der Waals surface area contributed by atoms with Gasteiger partial charge in [0.15, 0.2) is 5.82 Å². The van der Waals surface area contributed by atoms with Crippen LogP contribution in [0.25, 0.3) is 16.5 Å². The van der Waals surface area contributed by atoms with Crippen molar-refractivity contribution in [3.05, 3.63) is 61.3 Å². The predicted molar refractivity (Wildman–Crippen MR) is 164 cm³/mol. The van der Waals surface area contributed by atoms with Crippen molar-refractivity contribution in [2.45, 2.75) is 38.2 Å². The number of fused-ring (bicyclic) bond motifs is 4. The molecular weight excluding hydrogens is 633 g/mol. The molecule has 0 bridgehead atoms. The lowest BCUT2D eigenvalue weighted by molar-refractivity contribution is -0.137. The number of amides is 1. The van der Waals surface area contributed by atoms with Gasteiger partial charge < -0.3 is 20.3 Å². The van der Waals surface area contributed by atoms with Gasteiger partial charge >= 0.3 is 6.18 Å². The topological polar surface area (TPSA) is 109 Å². The first-order chi connectivity index (χ1) is 21.5. The first-order valence-corrected chi connectivity index (χ1v) is 15.8. The van der Waals surface area contributed by atoms with Crippen LogP contribution in [-0.2, 0) is 28.7 Å². The molecule has 0 saturated carbocycles. The average Bonchev–Trinajstić information content (AvgIpc) is 3.65. The number of halogens is 4. The summed E-state index contributed by atoms with van der Waals surface area (Å²) in [5.74, 6) is 0.0714. The molecule has 1 aromatic carbocycles. The van der Waals surface area contributed by atoms with Gasteiger partial charge in [-0.3, -0.25) is 19.1 Å². The van der Waals surface area contributed by atoms with Crippen molar-refractivity contribution in [2.24, 2.45) is 0 Å². The highest BCUT2D eigenvalue weighted by Gasteiger charge is 2.40. The monoisotopic (exact) mass is 662 g/mol. The van der Waals surface area contributed by atoms with Gasteiger partial charge in [-0.2, -0.15) is 22.7 Å². The van der Waals surface area contributed by atoms with Crippen LogP contribution >= 0.6 is 22.9 Å². The Morgan fingerprint density at radius 3 is 2.71 bits per heavy atom. The number of piperazine rings is 1. The number of alkyl halides is 3. The molecule has 3 aliphatic heterocycles. The molecule has 11 nitrogen and oxygen atoms in total. The van der Waals surface area contributed by atoms with Crippen LogP contribution in [0.1, 0.15) is 40.7 Å². The number of thiophene rings is 1. The molecule has 16 heteroatoms. The molecule has 4 aromatic rings. The molecule has 45 heavy (non-hydrogen) atoms. The van der Waals surface area contributed by atoms with Crippen molar-refractivity contribution in [3.63, 3.8) is 0 Å². The minimum atomic E-state index is -4.58. The number of rotatable bonds is 4. The Labute approximate surface area is 264 Å². The third kappa shape index (κ3) is 5.29. The maximum absolute atomic E-state index is 14.3. The molecule has 0 radical (unpaired) electrons. The summed E-state index contributed by atoms with van der Waals surface area (Å²) in [7, 11) is 1.86. The fourth-order valence-electron chi connectivity index (χ4n) is 6.21. The zero-order valence-electron chi connectivity index (χ0n) is 24.4. The average molecular weight is 663 g/mol. The maximum Gasteiger partial charge on any atom is 0.416 e. The summed E-state index contributed by atoms with van der Waals surface area (Å²) in [4.78, 5) is 39.0. The van der Waals surface area contributed by atoms with E-state index in [1.54, 1.807) is 4.57 Å². The lowest BCUT2D eigenvalue weighted by Gasteiger charge is -2.41. The van der Waals surface area contributed by atoms with Gasteiger partial charge in [-0.1, -0.05) is 11.6 Å². The third-order valence-corrected chi connectivity index (χ3v) is 10.1. The fourth-order valence-corrected chi connectivity index (χ4v) is 7.52. The molecule has 2 atom stereocenters. The van der Waals surface area contributed by atoms with Gasteiger partial charge in [0.1, 0.15) is 11.7 Å². The minimum Gasteiger partial charge on any atom is -0.376 e. The lowest BCUT2D eigenvalue weighted by Crippen LogP contribution is -2.50. The molecular formula is C29H30ClF3N8O3S. The molecule has 1 fully saturated rings. The summed E-state index contributed by atoms with van der Waals surface area (Å²) in [5, 5.41) is 10.5. The van der Waals surface area contributed by atoms with Crippen molar-refractivity contribution in [1.82, 2.24) is 29.4 Å². The van der Waals surface area contributed by atoms with E-state index in [2.05, 4.69) is 15.7 Å². The van der Waals surface area contributed by atoms with Crippen molar-refractivity contribution >= 4 is 46.0 Å². The van der Waals surface area contributed by atoms with Gasteiger partial charge in [-0.15, -0.1) is 16.4 Å². The molecule has 0 spiro atoms. The molecule has 6 heterocycles. The van der Waals surface area contributed by atoms with Gasteiger partial charge in [-0.05, 0) is 50.2 Å². The molecule has 3 aliphatic rings. The Morgan fingerprint density at radius 2 is 2.00 bits per heavy atom. The number of carbonyl (C=O) groups excluding carboxylic acids is 1. The van der Waals surface area contributed by atoms with Crippen LogP contribution in [0, 0.1) is 0 Å². The number of aromatic nitrogens is 4. The molecule has 2 N–H and O–H groups in total. The molecule has 0 aliphatic carbocycles. The number of nitrogens with one attached hydrogen (secondary N) is 2. The standard InChI is InChI=1S/C29H30ClF3N8O3S/c1-15-23-24(39-8-6-34-7-9-39)27(43)41-28(36-25(37-41)21-11-16-5-10-44-14-22(16)45-21)40(23)20(13-38(15)2)26(42)35-19-4-3-17(12-18(19)30)29(31,32)33/h3-4,11-12,15,20,34H,5-10,13-14H2,1-2H3,(H,35,42)/t15-,20+/m0/s1. The summed E-state index contributed by atoms with van der Waals surface area (Å²) in [6.07, 6.45) is -3.80. The first-order valence-electron chi connectivity index (χ1n) is 14.6. The Morgan fingerprint density at radius 1 is 1.22 bits per heavy atom. The number of anilines is 2. The molecule has 238 valence electrons. The number of carbonyl (C=O) groups is 1. The summed E-state index contributed by atoms with van der Waals surface area (Å²) in [6.45, 7) is 5.89. The van der Waals surface area contributed by atoms with Gasteiger partial charge in [0.05, 0.1) is 40.1 Å². The van der Waals surface area contributed by atoms with E-state index in [4.69, 9.17) is 21.3 Å². The second-order valence-electron chi connectivity index (χ2n) is 11.5. The summed E-state index contributed by atoms with van der Waals surface area (Å²) in [6, 6.07) is 3.66. The number of benzene rings is 1. The molecule has 3 aromatic heterocycles. The van der Waals surface area contributed by atoms with Crippen LogP contribution in [0.4, 0.5) is 24.5 Å². The quantitative estimate of drug-likeness (QED) is 0.338. The Kier molecular flexibility index (Phi) is 7.63. The highest BCUT2D eigenvalue weighted by Crippen LogP contribution is 2.39. The number of hydrogen-bond donors (Lipinski definition) is 2. The zero-order chi connectivity index (χ0) is 31.6. The zero-order valence-corrected chi connectivity index (χ0v) is 26.0. The molecule has 1 amide bonds. The highest BCUT2D eigenvalue weighted by atomic mass is 35.5. The molecule has 0 unspecified atom stereocenters. The number of ether oxygens (including phenoxy) is 1. The maximum atomic E-state index is 14.3. The van der Waals surface area contributed by atoms with Crippen LogP contribution in [0.2, 0.25) is 5.02 Å². The summed E-state index contributed by atoms with van der Waals surface area (Å²) < 4.78 is 48.4. The largest absolute Gasteiger partial charge is 0.416 e. The van der Waals surface area contributed by atoms with Crippen LogP contribution in [0.15, 0.2) is 29.1 Å².